The minimum atomic E-state index is -3.80. The van der Waals surface area contributed by atoms with E-state index in [1.807, 2.05) is 5.38 Å². The highest BCUT2D eigenvalue weighted by Gasteiger charge is 2.19. The average molecular weight is 475 g/mol. The van der Waals surface area contributed by atoms with Gasteiger partial charge in [-0.1, -0.05) is 12.5 Å². The van der Waals surface area contributed by atoms with E-state index in [0.29, 0.717) is 22.0 Å². The molecule has 170 valence electrons. The van der Waals surface area contributed by atoms with Crippen LogP contribution in [0.15, 0.2) is 51.3 Å². The first-order valence-electron chi connectivity index (χ1n) is 10.5. The fraction of sp³-hybridized carbons (Fsp3) is 0.364. The van der Waals surface area contributed by atoms with Crippen LogP contribution in [0.1, 0.15) is 46.6 Å². The van der Waals surface area contributed by atoms with Gasteiger partial charge in [-0.25, -0.2) is 18.1 Å². The number of benzene rings is 1. The number of rotatable bonds is 8. The second-order valence-corrected chi connectivity index (χ2v) is 10.4. The van der Waals surface area contributed by atoms with E-state index in [2.05, 4.69) is 19.9 Å². The van der Waals surface area contributed by atoms with E-state index in [1.54, 1.807) is 25.1 Å². The zero-order valence-corrected chi connectivity index (χ0v) is 19.5. The molecule has 1 aliphatic rings. The molecule has 1 aromatic carbocycles. The van der Waals surface area contributed by atoms with Gasteiger partial charge in [-0.15, -0.1) is 11.3 Å². The first kappa shape index (κ1) is 22.7. The van der Waals surface area contributed by atoms with Gasteiger partial charge >= 0.3 is 0 Å². The van der Waals surface area contributed by atoms with Gasteiger partial charge in [0.05, 0.1) is 23.4 Å². The molecule has 8 nitrogen and oxygen atoms in total. The van der Waals surface area contributed by atoms with Crippen LogP contribution in [0, 0.1) is 6.92 Å². The molecular weight excluding hydrogens is 448 g/mol. The number of nitrogens with one attached hydrogen (secondary N) is 2. The van der Waals surface area contributed by atoms with Crippen molar-refractivity contribution in [2.75, 3.05) is 18.4 Å². The molecular formula is C22H26N4O4S2. The summed E-state index contributed by atoms with van der Waals surface area (Å²) in [7, 11) is -3.80. The summed E-state index contributed by atoms with van der Waals surface area (Å²) in [5.74, 6) is 0.118. The molecule has 0 saturated carbocycles. The second-order valence-electron chi connectivity index (χ2n) is 7.82. The van der Waals surface area contributed by atoms with Gasteiger partial charge < -0.3 is 4.42 Å². The van der Waals surface area contributed by atoms with Crippen molar-refractivity contribution in [3.8, 4) is 0 Å². The van der Waals surface area contributed by atoms with Gasteiger partial charge in [0.1, 0.15) is 5.76 Å². The number of hydrogen-bond donors (Lipinski definition) is 2. The largest absolute Gasteiger partial charge is 0.468 e. The Morgan fingerprint density at radius 1 is 1.22 bits per heavy atom. The van der Waals surface area contributed by atoms with Crippen LogP contribution < -0.4 is 10.0 Å². The summed E-state index contributed by atoms with van der Waals surface area (Å²) in [4.78, 5) is 19.8. The fourth-order valence-electron chi connectivity index (χ4n) is 3.62. The van der Waals surface area contributed by atoms with Gasteiger partial charge in [0, 0.05) is 17.5 Å². The average Bonchev–Trinajstić information content (AvgIpc) is 3.45. The maximum Gasteiger partial charge on any atom is 0.257 e. The Balaban J connectivity index is 1.43. The summed E-state index contributed by atoms with van der Waals surface area (Å²) in [6, 6.07) is 7.87. The lowest BCUT2D eigenvalue weighted by Gasteiger charge is -2.25. The number of furan rings is 1. The lowest BCUT2D eigenvalue weighted by molar-refractivity contribution is 0.102. The Morgan fingerprint density at radius 3 is 2.78 bits per heavy atom. The number of likely N-dealkylation sites (tertiary alicyclic amines) is 1. The Bertz CT molecular complexity index is 1170. The van der Waals surface area contributed by atoms with Crippen LogP contribution in [0.4, 0.5) is 5.13 Å². The Morgan fingerprint density at radius 2 is 2.03 bits per heavy atom. The third kappa shape index (κ3) is 5.63. The lowest BCUT2D eigenvalue weighted by atomic mass is 10.1. The number of anilines is 1. The molecule has 3 heterocycles. The molecule has 0 spiro atoms. The molecule has 1 amide bonds. The maximum atomic E-state index is 12.9. The first-order valence-corrected chi connectivity index (χ1v) is 12.9. The molecule has 32 heavy (non-hydrogen) atoms. The second kappa shape index (κ2) is 9.95. The van der Waals surface area contributed by atoms with Crippen molar-refractivity contribution >= 4 is 32.4 Å². The van der Waals surface area contributed by atoms with E-state index < -0.39 is 10.0 Å². The molecule has 1 fully saturated rings. The van der Waals surface area contributed by atoms with Crippen LogP contribution in [-0.4, -0.2) is 37.3 Å². The van der Waals surface area contributed by atoms with Crippen molar-refractivity contribution in [2.24, 2.45) is 0 Å². The number of hydrogen-bond acceptors (Lipinski definition) is 7. The molecule has 4 rings (SSSR count). The SMILES string of the molecule is Cc1ccc(S(=O)(=O)NCc2ccco2)cc1C(=O)Nc1nc(CN2CCCCC2)cs1. The van der Waals surface area contributed by atoms with Crippen molar-refractivity contribution < 1.29 is 17.6 Å². The van der Waals surface area contributed by atoms with Gasteiger partial charge in [0.15, 0.2) is 5.13 Å². The number of thiazole rings is 1. The van der Waals surface area contributed by atoms with Gasteiger partial charge in [0.25, 0.3) is 5.91 Å². The number of aromatic nitrogens is 1. The van der Waals surface area contributed by atoms with Crippen molar-refractivity contribution in [1.29, 1.82) is 0 Å². The predicted molar refractivity (Wildman–Crippen MR) is 123 cm³/mol. The van der Waals surface area contributed by atoms with Crippen molar-refractivity contribution in [3.63, 3.8) is 0 Å². The molecule has 0 aliphatic carbocycles. The topological polar surface area (TPSA) is 105 Å². The van der Waals surface area contributed by atoms with E-state index in [9.17, 15) is 13.2 Å². The van der Waals surface area contributed by atoms with E-state index in [0.717, 1.165) is 25.3 Å². The lowest BCUT2D eigenvalue weighted by Crippen LogP contribution is -2.29. The fourth-order valence-corrected chi connectivity index (χ4v) is 5.34. The van der Waals surface area contributed by atoms with E-state index in [-0.39, 0.29) is 17.3 Å². The zero-order chi connectivity index (χ0) is 22.6. The number of piperidine rings is 1. The molecule has 0 radical (unpaired) electrons. The van der Waals surface area contributed by atoms with Crippen molar-refractivity contribution in [1.82, 2.24) is 14.6 Å². The molecule has 0 atom stereocenters. The molecule has 10 heteroatoms. The Labute approximate surface area is 191 Å². The smallest absolute Gasteiger partial charge is 0.257 e. The molecule has 0 unspecified atom stereocenters. The minimum Gasteiger partial charge on any atom is -0.468 e. The predicted octanol–water partition coefficient (Wildman–Crippen LogP) is 3.76. The van der Waals surface area contributed by atoms with Crippen LogP contribution in [0.25, 0.3) is 0 Å². The highest BCUT2D eigenvalue weighted by molar-refractivity contribution is 7.89. The maximum absolute atomic E-state index is 12.9. The van der Waals surface area contributed by atoms with Crippen molar-refractivity contribution in [2.45, 2.75) is 44.2 Å². The highest BCUT2D eigenvalue weighted by Crippen LogP contribution is 2.22. The Hall–Kier alpha value is -2.53. The highest BCUT2D eigenvalue weighted by atomic mass is 32.2. The van der Waals surface area contributed by atoms with E-state index in [4.69, 9.17) is 4.42 Å². The normalized spacial score (nSPS) is 15.0. The summed E-state index contributed by atoms with van der Waals surface area (Å²) < 4.78 is 33.0. The third-order valence-electron chi connectivity index (χ3n) is 5.39. The number of sulfonamides is 1. The number of nitrogens with zero attached hydrogens (tertiary/aromatic N) is 2. The summed E-state index contributed by atoms with van der Waals surface area (Å²) in [6.07, 6.45) is 5.18. The summed E-state index contributed by atoms with van der Waals surface area (Å²) in [6.45, 7) is 4.73. The van der Waals surface area contributed by atoms with Gasteiger partial charge in [-0.3, -0.25) is 15.0 Å². The van der Waals surface area contributed by atoms with Crippen LogP contribution in [0.3, 0.4) is 0 Å². The number of amides is 1. The van der Waals surface area contributed by atoms with E-state index >= 15 is 0 Å². The third-order valence-corrected chi connectivity index (χ3v) is 7.59. The Kier molecular flexibility index (Phi) is 7.04. The summed E-state index contributed by atoms with van der Waals surface area (Å²) in [5.41, 5.74) is 1.90. The quantitative estimate of drug-likeness (QED) is 0.515. The number of carbonyl (C=O) groups is 1. The molecule has 1 saturated heterocycles. The van der Waals surface area contributed by atoms with Crippen molar-refractivity contribution in [3.05, 3.63) is 64.6 Å². The summed E-state index contributed by atoms with van der Waals surface area (Å²) >= 11 is 1.37. The first-order chi connectivity index (χ1) is 15.4. The van der Waals surface area contributed by atoms with Gasteiger partial charge in [-0.2, -0.15) is 0 Å². The molecule has 0 bridgehead atoms. The van der Waals surface area contributed by atoms with Crippen LogP contribution >= 0.6 is 11.3 Å². The van der Waals surface area contributed by atoms with Crippen LogP contribution in [-0.2, 0) is 23.1 Å². The van der Waals surface area contributed by atoms with E-state index in [1.165, 1.54) is 49.0 Å². The minimum absolute atomic E-state index is 0.0183. The monoisotopic (exact) mass is 474 g/mol. The molecule has 3 aromatic rings. The standard InChI is InChI=1S/C22H26N4O4S2/c1-16-7-8-19(32(28,29)23-13-18-6-5-11-30-18)12-20(16)21(27)25-22-24-17(15-31-22)14-26-9-3-2-4-10-26/h5-8,11-12,15,23H,2-4,9-10,13-14H2,1H3,(H,24,25,27). The molecule has 2 N–H and O–H groups in total. The number of aryl methyl sites for hydroxylation is 1. The summed E-state index contributed by atoms with van der Waals surface area (Å²) in [5, 5.41) is 5.27. The van der Waals surface area contributed by atoms with Gasteiger partial charge in [0.2, 0.25) is 10.0 Å². The molecule has 1 aliphatic heterocycles. The van der Waals surface area contributed by atoms with Gasteiger partial charge in [-0.05, 0) is 62.7 Å². The van der Waals surface area contributed by atoms with Crippen LogP contribution in [0.2, 0.25) is 0 Å². The number of carbonyl (C=O) groups excluding carboxylic acids is 1. The zero-order valence-electron chi connectivity index (χ0n) is 17.8. The molecule has 2 aromatic heterocycles. The van der Waals surface area contributed by atoms with Crippen LogP contribution in [0.5, 0.6) is 0 Å².